The average molecular weight is 364 g/mol. The molecule has 0 aliphatic rings. The summed E-state index contributed by atoms with van der Waals surface area (Å²) in [4.78, 5) is 0. The lowest BCUT2D eigenvalue weighted by atomic mass is 10.0. The summed E-state index contributed by atoms with van der Waals surface area (Å²) in [5.74, 6) is 0.503. The van der Waals surface area contributed by atoms with E-state index in [1.807, 2.05) is 0 Å². The molecule has 3 aromatic carbocycles. The minimum atomic E-state index is 0.503. The molecule has 0 N–H and O–H groups in total. The van der Waals surface area contributed by atoms with Crippen LogP contribution < -0.4 is 0 Å². The smallest absolute Gasteiger partial charge is 0.0531 e. The van der Waals surface area contributed by atoms with Gasteiger partial charge in [-0.25, -0.2) is 0 Å². The molecule has 0 spiro atoms. The molecule has 138 valence electrons. The summed E-state index contributed by atoms with van der Waals surface area (Å²) in [5, 5.41) is 2.56. The zero-order valence-corrected chi connectivity index (χ0v) is 16.3. The van der Waals surface area contributed by atoms with Gasteiger partial charge in [-0.3, -0.25) is 0 Å². The number of rotatable bonds is 4. The predicted octanol–water partition coefficient (Wildman–Crippen LogP) is 7.09. The summed E-state index contributed by atoms with van der Waals surface area (Å²) in [6, 6.07) is 30.6. The van der Waals surface area contributed by atoms with Crippen molar-refractivity contribution in [2.24, 2.45) is 0 Å². The quantitative estimate of drug-likeness (QED) is 0.322. The van der Waals surface area contributed by atoms with Gasteiger partial charge in [0.1, 0.15) is 0 Å². The fraction of sp³-hybridized carbons (Fsp3) is 0.154. The van der Waals surface area contributed by atoms with Crippen LogP contribution in [0.25, 0.3) is 33.2 Å². The molecule has 0 amide bonds. The lowest BCUT2D eigenvalue weighted by molar-refractivity contribution is 0.694. The van der Waals surface area contributed by atoms with Gasteiger partial charge in [0.05, 0.1) is 11.0 Å². The van der Waals surface area contributed by atoms with Crippen LogP contribution in [0.3, 0.4) is 0 Å². The molecule has 1 unspecified atom stereocenters. The zero-order chi connectivity index (χ0) is 19.1. The van der Waals surface area contributed by atoms with E-state index in [2.05, 4.69) is 114 Å². The first kappa shape index (κ1) is 16.9. The number of benzene rings is 3. The van der Waals surface area contributed by atoms with Gasteiger partial charge in [-0.2, -0.15) is 0 Å². The van der Waals surface area contributed by atoms with Crippen molar-refractivity contribution in [1.29, 1.82) is 0 Å². The summed E-state index contributed by atoms with van der Waals surface area (Å²) >= 11 is 0. The maximum Gasteiger partial charge on any atom is 0.0531 e. The Bertz CT molecular complexity index is 1270. The van der Waals surface area contributed by atoms with E-state index in [-0.39, 0.29) is 0 Å². The summed E-state index contributed by atoms with van der Waals surface area (Å²) < 4.78 is 4.70. The van der Waals surface area contributed by atoms with Crippen molar-refractivity contribution < 1.29 is 0 Å². The first-order valence-electron chi connectivity index (χ1n) is 10.0. The largest absolute Gasteiger partial charge is 0.316 e. The van der Waals surface area contributed by atoms with Gasteiger partial charge >= 0.3 is 0 Å². The van der Waals surface area contributed by atoms with Gasteiger partial charge in [0, 0.05) is 28.7 Å². The Hall–Kier alpha value is -3.26. The average Bonchev–Trinajstić information content (AvgIpc) is 3.35. The van der Waals surface area contributed by atoms with Gasteiger partial charge in [-0.15, -0.1) is 0 Å². The van der Waals surface area contributed by atoms with Crippen molar-refractivity contribution in [3.8, 4) is 11.4 Å². The van der Waals surface area contributed by atoms with E-state index in [4.69, 9.17) is 0 Å². The van der Waals surface area contributed by atoms with Crippen LogP contribution in [0, 0.1) is 0 Å². The topological polar surface area (TPSA) is 9.86 Å². The lowest BCUT2D eigenvalue weighted by Crippen LogP contribution is -2.04. The van der Waals surface area contributed by atoms with Crippen LogP contribution in [-0.4, -0.2) is 9.13 Å². The Labute approximate surface area is 165 Å². The number of aromatic nitrogens is 2. The molecule has 0 bridgehead atoms. The van der Waals surface area contributed by atoms with Crippen molar-refractivity contribution in [2.45, 2.75) is 26.2 Å². The molecule has 2 aromatic heterocycles. The number of nitrogens with zero attached hydrogens (tertiary/aromatic N) is 2. The number of hydrogen-bond acceptors (Lipinski definition) is 0. The van der Waals surface area contributed by atoms with Gasteiger partial charge in [0.2, 0.25) is 0 Å². The number of hydrogen-bond donors (Lipinski definition) is 0. The second-order valence-electron chi connectivity index (χ2n) is 7.54. The minimum Gasteiger partial charge on any atom is -0.316 e. The Morgan fingerprint density at radius 1 is 0.714 bits per heavy atom. The van der Waals surface area contributed by atoms with Crippen LogP contribution in [0.15, 0.2) is 91.1 Å². The van der Waals surface area contributed by atoms with Crippen molar-refractivity contribution in [2.75, 3.05) is 0 Å². The molecule has 0 fully saturated rings. The molecule has 0 saturated carbocycles. The monoisotopic (exact) mass is 364 g/mol. The van der Waals surface area contributed by atoms with E-state index in [1.165, 1.54) is 38.9 Å². The molecule has 1 atom stereocenters. The van der Waals surface area contributed by atoms with Gasteiger partial charge in [-0.05, 0) is 60.2 Å². The first-order chi connectivity index (χ1) is 13.8. The SMILES string of the molecule is CCC(C)c1cc2ccccc2n1-c1cccc(-n2ccc3ccccc32)c1. The third kappa shape index (κ3) is 2.65. The summed E-state index contributed by atoms with van der Waals surface area (Å²) in [7, 11) is 0. The molecule has 28 heavy (non-hydrogen) atoms. The van der Waals surface area contributed by atoms with Crippen LogP contribution in [0.4, 0.5) is 0 Å². The van der Waals surface area contributed by atoms with Crippen LogP contribution >= 0.6 is 0 Å². The molecular weight excluding hydrogens is 340 g/mol. The van der Waals surface area contributed by atoms with E-state index in [1.54, 1.807) is 0 Å². The molecule has 0 saturated heterocycles. The molecule has 5 rings (SSSR count). The Kier molecular flexibility index (Phi) is 4.05. The molecule has 0 aliphatic carbocycles. The van der Waals surface area contributed by atoms with Crippen LogP contribution in [-0.2, 0) is 0 Å². The van der Waals surface area contributed by atoms with Crippen molar-refractivity contribution in [1.82, 2.24) is 9.13 Å². The zero-order valence-electron chi connectivity index (χ0n) is 16.3. The minimum absolute atomic E-state index is 0.503. The highest BCUT2D eigenvalue weighted by Gasteiger charge is 2.15. The van der Waals surface area contributed by atoms with E-state index in [0.717, 1.165) is 6.42 Å². The maximum absolute atomic E-state index is 2.43. The van der Waals surface area contributed by atoms with Crippen LogP contribution in [0.1, 0.15) is 31.9 Å². The normalized spacial score (nSPS) is 12.6. The standard InChI is InChI=1S/C26H24N2/c1-3-19(2)26-17-21-10-5-7-14-25(21)28(26)23-12-8-11-22(18-23)27-16-15-20-9-4-6-13-24(20)27/h4-19H,3H2,1-2H3. The molecule has 0 aliphatic heterocycles. The van der Waals surface area contributed by atoms with Gasteiger partial charge in [-0.1, -0.05) is 56.3 Å². The fourth-order valence-electron chi connectivity index (χ4n) is 4.13. The van der Waals surface area contributed by atoms with Crippen molar-refractivity contribution >= 4 is 21.8 Å². The third-order valence-corrected chi connectivity index (χ3v) is 5.82. The van der Waals surface area contributed by atoms with Gasteiger partial charge in [0.15, 0.2) is 0 Å². The Morgan fingerprint density at radius 3 is 2.25 bits per heavy atom. The Balaban J connectivity index is 1.72. The first-order valence-corrected chi connectivity index (χ1v) is 10.0. The van der Waals surface area contributed by atoms with Crippen molar-refractivity contribution in [3.05, 3.63) is 96.8 Å². The lowest BCUT2D eigenvalue weighted by Gasteiger charge is -2.16. The third-order valence-electron chi connectivity index (χ3n) is 5.82. The Morgan fingerprint density at radius 2 is 1.43 bits per heavy atom. The van der Waals surface area contributed by atoms with E-state index < -0.39 is 0 Å². The van der Waals surface area contributed by atoms with Crippen LogP contribution in [0.5, 0.6) is 0 Å². The molecule has 5 aromatic rings. The van der Waals surface area contributed by atoms with E-state index in [0.29, 0.717) is 5.92 Å². The fourth-order valence-corrected chi connectivity index (χ4v) is 4.13. The highest BCUT2D eigenvalue weighted by Crippen LogP contribution is 2.31. The molecule has 0 radical (unpaired) electrons. The predicted molar refractivity (Wildman–Crippen MR) is 119 cm³/mol. The number of fused-ring (bicyclic) bond motifs is 2. The maximum atomic E-state index is 2.43. The van der Waals surface area contributed by atoms with Gasteiger partial charge in [0.25, 0.3) is 0 Å². The summed E-state index contributed by atoms with van der Waals surface area (Å²) in [6.45, 7) is 4.57. The molecule has 2 nitrogen and oxygen atoms in total. The molecule has 2 heteroatoms. The van der Waals surface area contributed by atoms with Crippen molar-refractivity contribution in [3.63, 3.8) is 0 Å². The highest BCUT2D eigenvalue weighted by atomic mass is 15.0. The second-order valence-corrected chi connectivity index (χ2v) is 7.54. The molecular formula is C26H24N2. The summed E-state index contributed by atoms with van der Waals surface area (Å²) in [6.07, 6.45) is 3.28. The second kappa shape index (κ2) is 6.72. The highest BCUT2D eigenvalue weighted by molar-refractivity contribution is 5.84. The summed E-state index contributed by atoms with van der Waals surface area (Å²) in [5.41, 5.74) is 6.28. The van der Waals surface area contributed by atoms with E-state index in [9.17, 15) is 0 Å². The van der Waals surface area contributed by atoms with Crippen LogP contribution in [0.2, 0.25) is 0 Å². The van der Waals surface area contributed by atoms with Gasteiger partial charge < -0.3 is 9.13 Å². The number of para-hydroxylation sites is 2. The van der Waals surface area contributed by atoms with E-state index >= 15 is 0 Å². The molecule has 2 heterocycles.